The second-order valence-electron chi connectivity index (χ2n) is 6.50. The van der Waals surface area contributed by atoms with Crippen molar-refractivity contribution in [1.29, 1.82) is 0 Å². The molecule has 1 heterocycles. The lowest BCUT2D eigenvalue weighted by molar-refractivity contribution is 0.0690. The van der Waals surface area contributed by atoms with Gasteiger partial charge < -0.3 is 14.6 Å². The minimum Gasteiger partial charge on any atom is -0.478 e. The number of furan rings is 1. The second kappa shape index (κ2) is 5.13. The minimum atomic E-state index is -2.08. The predicted octanol–water partition coefficient (Wildman–Crippen LogP) is 3.14. The highest BCUT2D eigenvalue weighted by molar-refractivity contribution is 6.91. The minimum absolute atomic E-state index is 0.0243. The largest absolute Gasteiger partial charge is 0.478 e. The van der Waals surface area contributed by atoms with Crippen molar-refractivity contribution in [1.82, 2.24) is 0 Å². The molecule has 1 atom stereocenters. The number of carbonyl (C=O) groups is 1. The van der Waals surface area contributed by atoms with Crippen LogP contribution >= 0.6 is 0 Å². The third-order valence-electron chi connectivity index (χ3n) is 4.22. The van der Waals surface area contributed by atoms with Gasteiger partial charge in [0, 0.05) is 5.56 Å². The predicted molar refractivity (Wildman–Crippen MR) is 77.7 cm³/mol. The van der Waals surface area contributed by atoms with Gasteiger partial charge in [0.1, 0.15) is 13.6 Å². The van der Waals surface area contributed by atoms with Crippen LogP contribution in [0.1, 0.15) is 56.1 Å². The van der Waals surface area contributed by atoms with Crippen LogP contribution in [0.3, 0.4) is 0 Å². The fourth-order valence-corrected chi connectivity index (χ4v) is 3.77. The van der Waals surface area contributed by atoms with Crippen LogP contribution in [-0.2, 0) is 0 Å². The lowest BCUT2D eigenvalue weighted by Gasteiger charge is -2.35. The summed E-state index contributed by atoms with van der Waals surface area (Å²) >= 11 is 0. The Kier molecular flexibility index (Phi) is 4.32. The van der Waals surface area contributed by atoms with Gasteiger partial charge in [-0.2, -0.15) is 0 Å². The highest BCUT2D eigenvalue weighted by Crippen LogP contribution is 2.37. The van der Waals surface area contributed by atoms with E-state index in [0.29, 0.717) is 17.4 Å². The highest BCUT2D eigenvalue weighted by atomic mass is 28.3. The maximum atomic E-state index is 11.5. The number of hydrogen-bond acceptors (Lipinski definition) is 3. The molecule has 0 aliphatic carbocycles. The van der Waals surface area contributed by atoms with Crippen molar-refractivity contribution >= 4 is 19.4 Å². The molecule has 19 heavy (non-hydrogen) atoms. The SMILES string of the molecule is CCC(O)c1coc([Si](C)(C)C(C)(C)C)c1C(=O)O. The molecule has 0 radical (unpaired) electrons. The number of aliphatic hydroxyl groups is 1. The third-order valence-corrected chi connectivity index (χ3v) is 9.47. The molecule has 2 N–H and O–H groups in total. The lowest BCUT2D eigenvalue weighted by Crippen LogP contribution is -2.51. The van der Waals surface area contributed by atoms with Gasteiger partial charge in [-0.3, -0.25) is 0 Å². The zero-order valence-electron chi connectivity index (χ0n) is 12.6. The standard InChI is InChI=1S/C14H24O4Si/c1-7-10(15)9-8-18-13(11(9)12(16)17)19(5,6)14(2,3)4/h8,10,15H,7H2,1-6H3,(H,16,17). The fourth-order valence-electron chi connectivity index (χ4n) is 1.86. The summed E-state index contributed by atoms with van der Waals surface area (Å²) < 4.78 is 5.59. The first-order chi connectivity index (χ1) is 8.54. The van der Waals surface area contributed by atoms with E-state index in [0.717, 1.165) is 0 Å². The zero-order valence-corrected chi connectivity index (χ0v) is 13.6. The molecule has 0 amide bonds. The molecule has 4 nitrogen and oxygen atoms in total. The lowest BCUT2D eigenvalue weighted by atomic mass is 10.1. The Hall–Kier alpha value is -1.07. The Morgan fingerprint density at radius 2 is 1.95 bits per heavy atom. The van der Waals surface area contributed by atoms with Gasteiger partial charge in [-0.25, -0.2) is 4.79 Å². The first-order valence-electron chi connectivity index (χ1n) is 6.57. The Labute approximate surface area is 115 Å². The molecule has 0 saturated carbocycles. The molecule has 0 saturated heterocycles. The van der Waals surface area contributed by atoms with Crippen LogP contribution in [0.4, 0.5) is 0 Å². The van der Waals surface area contributed by atoms with Crippen LogP contribution in [0.15, 0.2) is 10.7 Å². The van der Waals surface area contributed by atoms with E-state index in [-0.39, 0.29) is 10.6 Å². The van der Waals surface area contributed by atoms with Gasteiger partial charge in [0.05, 0.1) is 17.8 Å². The normalized spacial score (nSPS) is 14.5. The number of carboxylic acids is 1. The monoisotopic (exact) mass is 284 g/mol. The number of aliphatic hydroxyl groups excluding tert-OH is 1. The molecule has 0 fully saturated rings. The van der Waals surface area contributed by atoms with Crippen LogP contribution in [0.25, 0.3) is 0 Å². The fraction of sp³-hybridized carbons (Fsp3) is 0.643. The van der Waals surface area contributed by atoms with Crippen molar-refractivity contribution < 1.29 is 19.4 Å². The average molecular weight is 284 g/mol. The van der Waals surface area contributed by atoms with E-state index in [1.54, 1.807) is 0 Å². The quantitative estimate of drug-likeness (QED) is 0.833. The number of aromatic carboxylic acids is 1. The van der Waals surface area contributed by atoms with Crippen LogP contribution in [0, 0.1) is 0 Å². The third kappa shape index (κ3) is 2.77. The molecule has 1 aromatic rings. The highest BCUT2D eigenvalue weighted by Gasteiger charge is 2.43. The maximum absolute atomic E-state index is 11.5. The van der Waals surface area contributed by atoms with Gasteiger partial charge in [-0.1, -0.05) is 40.8 Å². The Bertz CT molecular complexity index is 468. The smallest absolute Gasteiger partial charge is 0.339 e. The molecule has 5 heteroatoms. The van der Waals surface area contributed by atoms with Crippen molar-refractivity contribution in [2.24, 2.45) is 0 Å². The van der Waals surface area contributed by atoms with E-state index in [4.69, 9.17) is 4.42 Å². The summed E-state index contributed by atoms with van der Waals surface area (Å²) in [7, 11) is -2.08. The van der Waals surface area contributed by atoms with Crippen LogP contribution < -0.4 is 5.38 Å². The van der Waals surface area contributed by atoms with Gasteiger partial charge in [0.15, 0.2) is 0 Å². The summed E-state index contributed by atoms with van der Waals surface area (Å²) in [5, 5.41) is 19.9. The molecular weight excluding hydrogens is 260 g/mol. The van der Waals surface area contributed by atoms with Crippen molar-refractivity contribution in [3.8, 4) is 0 Å². The molecule has 0 aliphatic rings. The van der Waals surface area contributed by atoms with Crippen molar-refractivity contribution in [3.63, 3.8) is 0 Å². The maximum Gasteiger partial charge on any atom is 0.339 e. The molecule has 0 aromatic carbocycles. The van der Waals surface area contributed by atoms with E-state index in [1.165, 1.54) is 6.26 Å². The van der Waals surface area contributed by atoms with Crippen LogP contribution in [-0.4, -0.2) is 24.3 Å². The second-order valence-corrected chi connectivity index (χ2v) is 11.7. The van der Waals surface area contributed by atoms with E-state index >= 15 is 0 Å². The van der Waals surface area contributed by atoms with Crippen molar-refractivity contribution in [2.45, 2.75) is 58.4 Å². The summed E-state index contributed by atoms with van der Waals surface area (Å²) in [4.78, 5) is 11.5. The van der Waals surface area contributed by atoms with E-state index in [2.05, 4.69) is 33.9 Å². The number of carboxylic acid groups (broad SMARTS) is 1. The van der Waals surface area contributed by atoms with Gasteiger partial charge in [0.2, 0.25) is 0 Å². The number of hydrogen-bond donors (Lipinski definition) is 2. The first-order valence-corrected chi connectivity index (χ1v) is 9.57. The summed E-state index contributed by atoms with van der Waals surface area (Å²) in [5.41, 5.74) is 0.566. The average Bonchev–Trinajstić information content (AvgIpc) is 2.71. The Balaban J connectivity index is 3.47. The molecule has 1 aromatic heterocycles. The van der Waals surface area contributed by atoms with E-state index in [9.17, 15) is 15.0 Å². The molecule has 1 unspecified atom stereocenters. The van der Waals surface area contributed by atoms with Gasteiger partial charge in [-0.15, -0.1) is 0 Å². The van der Waals surface area contributed by atoms with Crippen LogP contribution in [0.5, 0.6) is 0 Å². The molecule has 0 aliphatic heterocycles. The Morgan fingerprint density at radius 1 is 1.42 bits per heavy atom. The molecule has 108 valence electrons. The first kappa shape index (κ1) is 16.0. The molecule has 0 spiro atoms. The summed E-state index contributed by atoms with van der Waals surface area (Å²) in [5.74, 6) is -1.02. The van der Waals surface area contributed by atoms with Gasteiger partial charge in [0.25, 0.3) is 0 Å². The van der Waals surface area contributed by atoms with E-state index < -0.39 is 20.1 Å². The Morgan fingerprint density at radius 3 is 2.32 bits per heavy atom. The summed E-state index contributed by atoms with van der Waals surface area (Å²) in [6.45, 7) is 12.3. The van der Waals surface area contributed by atoms with Gasteiger partial charge in [-0.05, 0) is 11.5 Å². The molecule has 0 bridgehead atoms. The summed E-state index contributed by atoms with van der Waals surface area (Å²) in [6.07, 6.45) is 1.10. The van der Waals surface area contributed by atoms with Gasteiger partial charge >= 0.3 is 5.97 Å². The van der Waals surface area contributed by atoms with E-state index in [1.807, 2.05) is 6.92 Å². The van der Waals surface area contributed by atoms with Crippen molar-refractivity contribution in [3.05, 3.63) is 17.4 Å². The molecule has 1 rings (SSSR count). The van der Waals surface area contributed by atoms with Crippen molar-refractivity contribution in [2.75, 3.05) is 0 Å². The molecular formula is C14H24O4Si. The number of rotatable bonds is 4. The topological polar surface area (TPSA) is 70.7 Å². The summed E-state index contributed by atoms with van der Waals surface area (Å²) in [6, 6.07) is 0. The van der Waals surface area contributed by atoms with Crippen LogP contribution in [0.2, 0.25) is 18.1 Å². The zero-order chi connectivity index (χ0) is 15.0.